The molecule has 0 aromatic carbocycles. The van der Waals surface area contributed by atoms with Crippen LogP contribution in [0, 0.1) is 0 Å². The van der Waals surface area contributed by atoms with Gasteiger partial charge < -0.3 is 109 Å². The lowest BCUT2D eigenvalue weighted by Gasteiger charge is -2.24. The Morgan fingerprint density at radius 3 is 0.300 bits per heavy atom. The van der Waals surface area contributed by atoms with E-state index in [0.29, 0.717) is 139 Å². The van der Waals surface area contributed by atoms with E-state index < -0.39 is 0 Å². The molecule has 0 saturated carbocycles. The van der Waals surface area contributed by atoms with Crippen molar-refractivity contribution < 1.29 is 109 Å². The van der Waals surface area contributed by atoms with Crippen molar-refractivity contribution >= 4 is 0 Å². The fraction of sp³-hybridized carbons (Fsp3) is 1.00. The van der Waals surface area contributed by atoms with E-state index in [9.17, 15) is 0 Å². The summed E-state index contributed by atoms with van der Waals surface area (Å²) in [5.74, 6) is 0. The number of aliphatic hydroxyl groups is 1. The van der Waals surface area contributed by atoms with Crippen molar-refractivity contribution in [3.8, 4) is 0 Å². The normalized spacial score (nSPS) is 19.9. The summed E-state index contributed by atoms with van der Waals surface area (Å²) in [5.41, 5.74) is 0. The van der Waals surface area contributed by atoms with Crippen LogP contribution < -0.4 is 0 Å². The van der Waals surface area contributed by atoms with E-state index in [-0.39, 0.29) is 141 Å². The molecule has 0 amide bonds. The second kappa shape index (κ2) is 56.1. The molecule has 23 heteroatoms. The summed E-state index contributed by atoms with van der Waals surface area (Å²) >= 11 is 0. The minimum atomic E-state index is -0.207. The van der Waals surface area contributed by atoms with Crippen molar-refractivity contribution in [3.63, 3.8) is 0 Å². The van der Waals surface area contributed by atoms with Gasteiger partial charge in [-0.2, -0.15) is 0 Å². The quantitative estimate of drug-likeness (QED) is 0.0602. The number of rotatable bonds is 65. The summed E-state index contributed by atoms with van der Waals surface area (Å²) < 4.78 is 130. The van der Waals surface area contributed by atoms with Crippen LogP contribution in [-0.2, 0) is 104 Å². The predicted octanol–water partition coefficient (Wildman–Crippen LogP) is 8.52. The Balaban J connectivity index is 4.04. The van der Waals surface area contributed by atoms with E-state index in [4.69, 9.17) is 109 Å². The van der Waals surface area contributed by atoms with Crippen molar-refractivity contribution in [1.29, 1.82) is 0 Å². The predicted molar refractivity (Wildman–Crippen MR) is 347 cm³/mol. The molecule has 0 spiro atoms. The van der Waals surface area contributed by atoms with E-state index in [1.807, 2.05) is 152 Å². The molecule has 90 heavy (non-hydrogen) atoms. The van der Waals surface area contributed by atoms with Gasteiger partial charge in [-0.3, -0.25) is 0 Å². The molecule has 0 saturated heterocycles. The highest BCUT2D eigenvalue weighted by Crippen LogP contribution is 2.11. The molecule has 0 aromatic heterocycles. The van der Waals surface area contributed by atoms with E-state index in [1.165, 1.54) is 0 Å². The Morgan fingerprint density at radius 2 is 0.222 bits per heavy atom. The van der Waals surface area contributed by atoms with Gasteiger partial charge in [0.05, 0.1) is 280 Å². The first-order chi connectivity index (χ1) is 42.6. The van der Waals surface area contributed by atoms with Gasteiger partial charge in [0, 0.05) is 7.11 Å². The third-order valence-electron chi connectivity index (χ3n) is 13.6. The zero-order valence-electron chi connectivity index (χ0n) is 60.7. The molecule has 0 heterocycles. The molecule has 0 fully saturated rings. The average Bonchev–Trinajstić information content (AvgIpc) is 3.63. The minimum Gasteiger partial charge on any atom is -0.394 e. The molecule has 0 aliphatic rings. The van der Waals surface area contributed by atoms with Gasteiger partial charge in [-0.1, -0.05) is 0 Å². The van der Waals surface area contributed by atoms with E-state index in [0.717, 1.165) is 0 Å². The number of hydrogen-bond donors (Lipinski definition) is 1. The van der Waals surface area contributed by atoms with Crippen LogP contribution in [-0.4, -0.2) is 292 Å². The van der Waals surface area contributed by atoms with Gasteiger partial charge in [-0.15, -0.1) is 0 Å². The topological polar surface area (TPSA) is 223 Å². The first-order valence-electron chi connectivity index (χ1n) is 33.7. The summed E-state index contributed by atoms with van der Waals surface area (Å²) in [6, 6.07) is 0. The van der Waals surface area contributed by atoms with Gasteiger partial charge in [-0.05, 0) is 152 Å². The Bertz CT molecular complexity index is 1460. The molecule has 23 nitrogen and oxygen atoms in total. The van der Waals surface area contributed by atoms with Crippen molar-refractivity contribution in [2.45, 2.75) is 287 Å². The Labute approximate surface area is 546 Å². The zero-order valence-corrected chi connectivity index (χ0v) is 60.7. The van der Waals surface area contributed by atoms with Crippen molar-refractivity contribution in [3.05, 3.63) is 0 Å². The molecule has 22 unspecified atom stereocenters. The second-order valence-electron chi connectivity index (χ2n) is 25.3. The maximum atomic E-state index is 9.10. The van der Waals surface area contributed by atoms with E-state index >= 15 is 0 Å². The maximum absolute atomic E-state index is 9.10. The smallest absolute Gasteiger partial charge is 0.0781 e. The first-order valence-corrected chi connectivity index (χ1v) is 33.7. The highest BCUT2D eigenvalue weighted by Gasteiger charge is 2.20. The van der Waals surface area contributed by atoms with Crippen LogP contribution in [0.15, 0.2) is 0 Å². The SMILES string of the molecule is COC(C)COC(C)COC(C)COC(C)COC(C)COC(C)COC(C)COC(C)COC(C)COC(C)COC(C)COC(C)COC(C)COC(C)COC(C)COC(C)COC(C)COC(C)COC(C)COC(C)COC(C)COC(C)CO. The van der Waals surface area contributed by atoms with Crippen LogP contribution in [0.4, 0.5) is 0 Å². The van der Waals surface area contributed by atoms with Gasteiger partial charge in [0.25, 0.3) is 0 Å². The molecule has 0 aliphatic carbocycles. The Kier molecular flexibility index (Phi) is 55.6. The van der Waals surface area contributed by atoms with E-state index in [1.54, 1.807) is 7.11 Å². The summed E-state index contributed by atoms with van der Waals surface area (Å²) in [6.07, 6.45) is -2.20. The monoisotopic (exact) mass is 1310 g/mol. The van der Waals surface area contributed by atoms with E-state index in [2.05, 4.69) is 0 Å². The lowest BCUT2D eigenvalue weighted by atomic mass is 10.3. The molecule has 0 rings (SSSR count). The molecular weight excluding hydrogens is 1170 g/mol. The summed E-state index contributed by atoms with van der Waals surface area (Å²) in [4.78, 5) is 0. The minimum absolute atomic E-state index is 0.0138. The number of ether oxygens (including phenoxy) is 22. The lowest BCUT2D eigenvalue weighted by Crippen LogP contribution is -2.31. The summed E-state index contributed by atoms with van der Waals surface area (Å²) in [6.45, 7) is 52.7. The number of aliphatic hydroxyl groups excluding tert-OH is 1. The highest BCUT2D eigenvalue weighted by atomic mass is 16.6. The van der Waals surface area contributed by atoms with Crippen molar-refractivity contribution in [1.82, 2.24) is 0 Å². The van der Waals surface area contributed by atoms with Crippen molar-refractivity contribution in [2.24, 2.45) is 0 Å². The highest BCUT2D eigenvalue weighted by molar-refractivity contribution is 4.65. The fourth-order valence-electron chi connectivity index (χ4n) is 7.38. The summed E-state index contributed by atoms with van der Waals surface area (Å²) in [7, 11) is 1.67. The molecule has 22 atom stereocenters. The Hall–Kier alpha value is -0.920. The van der Waals surface area contributed by atoms with Crippen LogP contribution >= 0.6 is 0 Å². The van der Waals surface area contributed by atoms with Gasteiger partial charge in [0.2, 0.25) is 0 Å². The lowest BCUT2D eigenvalue weighted by molar-refractivity contribution is -0.117. The molecular formula is C67H136O23. The number of methoxy groups -OCH3 is 1. The van der Waals surface area contributed by atoms with Crippen LogP contribution in [0.5, 0.6) is 0 Å². The van der Waals surface area contributed by atoms with Gasteiger partial charge in [-0.25, -0.2) is 0 Å². The van der Waals surface area contributed by atoms with Crippen molar-refractivity contribution in [2.75, 3.05) is 152 Å². The van der Waals surface area contributed by atoms with Gasteiger partial charge >= 0.3 is 0 Å². The largest absolute Gasteiger partial charge is 0.394 e. The Morgan fingerprint density at radius 1 is 0.144 bits per heavy atom. The third-order valence-corrected chi connectivity index (χ3v) is 13.6. The van der Waals surface area contributed by atoms with Crippen LogP contribution in [0.25, 0.3) is 0 Å². The van der Waals surface area contributed by atoms with Crippen LogP contribution in [0.3, 0.4) is 0 Å². The van der Waals surface area contributed by atoms with Gasteiger partial charge in [0.15, 0.2) is 0 Å². The summed E-state index contributed by atoms with van der Waals surface area (Å²) in [5, 5.41) is 9.10. The van der Waals surface area contributed by atoms with Crippen LogP contribution in [0.1, 0.15) is 152 Å². The molecule has 542 valence electrons. The molecule has 0 aromatic rings. The molecule has 1 N–H and O–H groups in total. The second-order valence-corrected chi connectivity index (χ2v) is 25.3. The molecule has 0 bridgehead atoms. The average molecular weight is 1310 g/mol. The first kappa shape index (κ1) is 89.1. The van der Waals surface area contributed by atoms with Crippen LogP contribution in [0.2, 0.25) is 0 Å². The number of hydrogen-bond acceptors (Lipinski definition) is 23. The van der Waals surface area contributed by atoms with Gasteiger partial charge in [0.1, 0.15) is 0 Å². The third kappa shape index (κ3) is 55.2. The molecule has 0 radical (unpaired) electrons. The molecule has 0 aliphatic heterocycles. The fourth-order valence-corrected chi connectivity index (χ4v) is 7.38. The standard InChI is InChI=1S/C67H136O23/c1-46(24-68)70-26-48(3)72-28-50(5)74-30-52(7)76-32-54(9)78-34-56(11)80-36-58(13)82-38-60(15)84-40-62(17)86-42-64(19)88-44-66(21)90-45-67(22)89-43-65(20)87-41-63(18)85-39-61(16)83-37-59(14)81-35-57(12)79-33-55(10)77-31-53(8)75-29-51(6)73-27-49(4)71-25-47(2)69-23/h46-68H,24-45H2,1-23H3. The maximum Gasteiger partial charge on any atom is 0.0781 e. The zero-order chi connectivity index (χ0) is 67.8.